The number of anilines is 1. The lowest BCUT2D eigenvalue weighted by molar-refractivity contribution is -0.117. The normalized spacial score (nSPS) is 20.4. The van der Waals surface area contributed by atoms with Crippen LogP contribution in [0.2, 0.25) is 5.02 Å². The molecule has 1 aromatic carbocycles. The maximum Gasteiger partial charge on any atom is 0.224 e. The van der Waals surface area contributed by atoms with Gasteiger partial charge in [-0.25, -0.2) is 4.39 Å². The van der Waals surface area contributed by atoms with E-state index in [1.165, 1.54) is 18.6 Å². The van der Waals surface area contributed by atoms with Crippen LogP contribution in [-0.2, 0) is 4.79 Å². The van der Waals surface area contributed by atoms with E-state index in [1.54, 1.807) is 6.07 Å². The predicted molar refractivity (Wildman–Crippen MR) is 79.4 cm³/mol. The van der Waals surface area contributed by atoms with Crippen molar-refractivity contribution in [3.63, 3.8) is 0 Å². The first kappa shape index (κ1) is 15.3. The molecule has 20 heavy (non-hydrogen) atoms. The van der Waals surface area contributed by atoms with Crippen LogP contribution in [0.25, 0.3) is 0 Å². The minimum Gasteiger partial charge on any atom is -0.326 e. The highest BCUT2D eigenvalue weighted by molar-refractivity contribution is 6.30. The fourth-order valence-corrected chi connectivity index (χ4v) is 2.73. The maximum absolute atomic E-state index is 13.3. The van der Waals surface area contributed by atoms with Crippen molar-refractivity contribution >= 4 is 23.2 Å². The molecule has 0 spiro atoms. The Hall–Kier alpha value is -1.13. The topological polar surface area (TPSA) is 41.1 Å². The van der Waals surface area contributed by atoms with E-state index in [9.17, 15) is 9.18 Å². The molecule has 1 saturated heterocycles. The summed E-state index contributed by atoms with van der Waals surface area (Å²) >= 11 is 5.61. The van der Waals surface area contributed by atoms with Crippen LogP contribution in [-0.4, -0.2) is 19.0 Å². The van der Waals surface area contributed by atoms with E-state index >= 15 is 0 Å². The summed E-state index contributed by atoms with van der Waals surface area (Å²) in [5.74, 6) is 0.259. The van der Waals surface area contributed by atoms with Crippen LogP contribution in [0.3, 0.4) is 0 Å². The van der Waals surface area contributed by atoms with Crippen LogP contribution in [0, 0.1) is 17.7 Å². The van der Waals surface area contributed by atoms with Crippen molar-refractivity contribution in [2.75, 3.05) is 18.4 Å². The van der Waals surface area contributed by atoms with Gasteiger partial charge in [-0.1, -0.05) is 18.5 Å². The number of carbonyl (C=O) groups excluding carboxylic acids is 1. The molecule has 0 bridgehead atoms. The van der Waals surface area contributed by atoms with E-state index in [1.807, 2.05) is 0 Å². The fraction of sp³-hybridized carbons (Fsp3) is 0.533. The molecule has 0 saturated carbocycles. The summed E-state index contributed by atoms with van der Waals surface area (Å²) in [7, 11) is 0. The molecular formula is C15H20ClFN2O. The van der Waals surface area contributed by atoms with Crippen LogP contribution in [0.15, 0.2) is 18.2 Å². The number of hydrogen-bond donors (Lipinski definition) is 2. The number of rotatable bonds is 4. The van der Waals surface area contributed by atoms with Gasteiger partial charge in [0.05, 0.1) is 5.02 Å². The van der Waals surface area contributed by atoms with Gasteiger partial charge < -0.3 is 10.6 Å². The molecule has 0 radical (unpaired) electrons. The molecule has 5 heteroatoms. The van der Waals surface area contributed by atoms with E-state index in [0.29, 0.717) is 23.9 Å². The molecule has 1 amide bonds. The molecule has 2 rings (SSSR count). The Morgan fingerprint density at radius 3 is 3.05 bits per heavy atom. The quantitative estimate of drug-likeness (QED) is 0.894. The van der Waals surface area contributed by atoms with Crippen molar-refractivity contribution in [3.05, 3.63) is 29.0 Å². The monoisotopic (exact) mass is 298 g/mol. The lowest BCUT2D eigenvalue weighted by atomic mass is 9.85. The van der Waals surface area contributed by atoms with Crippen LogP contribution < -0.4 is 10.6 Å². The molecule has 1 aliphatic heterocycles. The Bertz CT molecular complexity index is 475. The highest BCUT2D eigenvalue weighted by atomic mass is 35.5. The molecule has 0 aromatic heterocycles. The van der Waals surface area contributed by atoms with E-state index in [-0.39, 0.29) is 10.9 Å². The van der Waals surface area contributed by atoms with Crippen molar-refractivity contribution in [1.82, 2.24) is 5.32 Å². The second-order valence-corrected chi connectivity index (χ2v) is 5.87. The first-order chi connectivity index (χ1) is 9.56. The van der Waals surface area contributed by atoms with Gasteiger partial charge in [0.2, 0.25) is 5.91 Å². The van der Waals surface area contributed by atoms with Crippen molar-refractivity contribution in [2.45, 2.75) is 26.2 Å². The van der Waals surface area contributed by atoms with Gasteiger partial charge in [0, 0.05) is 12.1 Å². The molecule has 3 nitrogen and oxygen atoms in total. The average Bonchev–Trinajstić information content (AvgIpc) is 2.44. The summed E-state index contributed by atoms with van der Waals surface area (Å²) in [6, 6.07) is 4.30. The van der Waals surface area contributed by atoms with Gasteiger partial charge in [-0.3, -0.25) is 4.79 Å². The van der Waals surface area contributed by atoms with Gasteiger partial charge in [0.25, 0.3) is 0 Å². The van der Waals surface area contributed by atoms with Crippen LogP contribution in [0.4, 0.5) is 10.1 Å². The number of halogens is 2. The smallest absolute Gasteiger partial charge is 0.224 e. The highest BCUT2D eigenvalue weighted by Crippen LogP contribution is 2.23. The molecule has 1 aliphatic rings. The molecule has 2 unspecified atom stereocenters. The third-order valence-corrected chi connectivity index (χ3v) is 4.16. The van der Waals surface area contributed by atoms with E-state index in [2.05, 4.69) is 17.6 Å². The van der Waals surface area contributed by atoms with E-state index < -0.39 is 5.82 Å². The van der Waals surface area contributed by atoms with Crippen LogP contribution >= 0.6 is 11.6 Å². The van der Waals surface area contributed by atoms with Gasteiger partial charge in [-0.05, 0) is 56.0 Å². The summed E-state index contributed by atoms with van der Waals surface area (Å²) in [4.78, 5) is 12.0. The summed E-state index contributed by atoms with van der Waals surface area (Å²) in [6.07, 6.45) is 2.78. The third-order valence-electron chi connectivity index (χ3n) is 3.85. The van der Waals surface area contributed by atoms with Crippen molar-refractivity contribution in [2.24, 2.45) is 11.8 Å². The van der Waals surface area contributed by atoms with Gasteiger partial charge in [-0.2, -0.15) is 0 Å². The zero-order valence-electron chi connectivity index (χ0n) is 11.6. The van der Waals surface area contributed by atoms with E-state index in [0.717, 1.165) is 19.5 Å². The minimum absolute atomic E-state index is 0.0599. The van der Waals surface area contributed by atoms with Gasteiger partial charge in [0.15, 0.2) is 0 Å². The lowest BCUT2D eigenvalue weighted by Gasteiger charge is -2.28. The zero-order chi connectivity index (χ0) is 14.5. The maximum atomic E-state index is 13.3. The number of amides is 1. The predicted octanol–water partition coefficient (Wildman–Crippen LogP) is 3.44. The minimum atomic E-state index is -0.519. The summed E-state index contributed by atoms with van der Waals surface area (Å²) < 4.78 is 13.3. The highest BCUT2D eigenvalue weighted by Gasteiger charge is 2.22. The number of piperidine rings is 1. The second-order valence-electron chi connectivity index (χ2n) is 5.46. The Kier molecular flexibility index (Phi) is 5.38. The molecule has 110 valence electrons. The molecule has 2 atom stereocenters. The Labute approximate surface area is 123 Å². The summed E-state index contributed by atoms with van der Waals surface area (Å²) in [6.45, 7) is 4.14. The number of carbonyl (C=O) groups is 1. The Morgan fingerprint density at radius 2 is 2.40 bits per heavy atom. The second kappa shape index (κ2) is 7.04. The van der Waals surface area contributed by atoms with Crippen molar-refractivity contribution < 1.29 is 9.18 Å². The molecule has 1 fully saturated rings. The Morgan fingerprint density at radius 1 is 1.60 bits per heavy atom. The van der Waals surface area contributed by atoms with Gasteiger partial charge in [0.1, 0.15) is 5.82 Å². The van der Waals surface area contributed by atoms with Crippen molar-refractivity contribution in [3.8, 4) is 0 Å². The van der Waals surface area contributed by atoms with Crippen LogP contribution in [0.1, 0.15) is 26.2 Å². The molecule has 2 N–H and O–H groups in total. The summed E-state index contributed by atoms with van der Waals surface area (Å²) in [5.41, 5.74) is 0.450. The Balaban J connectivity index is 1.86. The lowest BCUT2D eigenvalue weighted by Crippen LogP contribution is -2.34. The van der Waals surface area contributed by atoms with Crippen LogP contribution in [0.5, 0.6) is 0 Å². The zero-order valence-corrected chi connectivity index (χ0v) is 12.3. The van der Waals surface area contributed by atoms with Gasteiger partial charge >= 0.3 is 0 Å². The summed E-state index contributed by atoms with van der Waals surface area (Å²) in [5, 5.41) is 6.14. The largest absolute Gasteiger partial charge is 0.326 e. The number of benzene rings is 1. The third kappa shape index (κ3) is 4.18. The van der Waals surface area contributed by atoms with E-state index in [4.69, 9.17) is 11.6 Å². The number of hydrogen-bond acceptors (Lipinski definition) is 2. The van der Waals surface area contributed by atoms with Gasteiger partial charge in [-0.15, -0.1) is 0 Å². The van der Waals surface area contributed by atoms with Crippen molar-refractivity contribution in [1.29, 1.82) is 0 Å². The average molecular weight is 299 g/mol. The SMILES string of the molecule is CC(CC(=O)Nc1ccc(Cl)c(F)c1)C1CCCNC1. The molecule has 0 aliphatic carbocycles. The number of nitrogens with one attached hydrogen (secondary N) is 2. The first-order valence-corrected chi connectivity index (χ1v) is 7.39. The fourth-order valence-electron chi connectivity index (χ4n) is 2.61. The molecular weight excluding hydrogens is 279 g/mol. The standard InChI is InChI=1S/C15H20ClFN2O/c1-10(11-3-2-6-18-9-11)7-15(20)19-12-4-5-13(16)14(17)8-12/h4-5,8,10-11,18H,2-3,6-7,9H2,1H3,(H,19,20). The molecule has 1 aromatic rings. The first-order valence-electron chi connectivity index (χ1n) is 7.02. The molecule has 1 heterocycles.